The number of benzene rings is 1. The predicted molar refractivity (Wildman–Crippen MR) is 92.2 cm³/mol. The van der Waals surface area contributed by atoms with E-state index in [0.717, 1.165) is 0 Å². The summed E-state index contributed by atoms with van der Waals surface area (Å²) < 4.78 is 1.60. The molecule has 1 aromatic heterocycles. The lowest BCUT2D eigenvalue weighted by Gasteiger charge is -2.11. The smallest absolute Gasteiger partial charge is 0.281 e. The Hall–Kier alpha value is -3.07. The first-order valence-corrected chi connectivity index (χ1v) is 7.39. The molecule has 1 N–H and O–H groups in total. The van der Waals surface area contributed by atoms with Gasteiger partial charge in [0.25, 0.3) is 11.6 Å². The van der Waals surface area contributed by atoms with Crippen molar-refractivity contribution in [3.8, 4) is 0 Å². The Labute approximate surface area is 142 Å². The molecule has 1 fully saturated rings. The topological polar surface area (TPSA) is 93.3 Å². The number of non-ortho nitro benzene ring substituents is 1. The lowest BCUT2D eigenvalue weighted by Crippen LogP contribution is -2.30. The second-order valence-corrected chi connectivity index (χ2v) is 5.64. The van der Waals surface area contributed by atoms with Crippen LogP contribution in [0.2, 0.25) is 0 Å². The lowest BCUT2D eigenvalue weighted by molar-refractivity contribution is -0.384. The Morgan fingerprint density at radius 3 is 2.79 bits per heavy atom. The van der Waals surface area contributed by atoms with E-state index in [-0.39, 0.29) is 22.4 Å². The fourth-order valence-corrected chi connectivity index (χ4v) is 2.75. The van der Waals surface area contributed by atoms with Gasteiger partial charge in [0.15, 0.2) is 5.11 Å². The number of nitrogens with zero attached hydrogens (tertiary/aromatic N) is 4. The second-order valence-electron chi connectivity index (χ2n) is 5.25. The molecule has 0 saturated carbocycles. The van der Waals surface area contributed by atoms with Crippen LogP contribution in [-0.4, -0.2) is 25.7 Å². The molecule has 0 bridgehead atoms. The van der Waals surface area contributed by atoms with Crippen LogP contribution in [0.15, 0.2) is 36.2 Å². The van der Waals surface area contributed by atoms with E-state index in [1.165, 1.54) is 23.1 Å². The maximum atomic E-state index is 12.6. The standard InChI is InChI=1S/C15H13N5O3S/c1-9-13(8-18(2)17-9)19-14(21)12(16-15(19)24)7-10-4-3-5-11(6-10)20(22)23/h3-8H,1-2H3,(H,16,24)/b12-7+. The molecular weight excluding hydrogens is 330 g/mol. The first-order valence-electron chi connectivity index (χ1n) is 6.98. The molecule has 0 radical (unpaired) electrons. The van der Waals surface area contributed by atoms with Crippen LogP contribution >= 0.6 is 12.2 Å². The Morgan fingerprint density at radius 1 is 1.42 bits per heavy atom. The van der Waals surface area contributed by atoms with Gasteiger partial charge in [0.05, 0.1) is 16.3 Å². The van der Waals surface area contributed by atoms with Crippen LogP contribution in [-0.2, 0) is 11.8 Å². The Morgan fingerprint density at radius 2 is 2.17 bits per heavy atom. The predicted octanol–water partition coefficient (Wildman–Crippen LogP) is 1.90. The quantitative estimate of drug-likeness (QED) is 0.396. The van der Waals surface area contributed by atoms with E-state index in [1.54, 1.807) is 37.0 Å². The first kappa shape index (κ1) is 15.8. The minimum Gasteiger partial charge on any atom is -0.327 e. The van der Waals surface area contributed by atoms with Crippen LogP contribution in [0.5, 0.6) is 0 Å². The van der Waals surface area contributed by atoms with Crippen LogP contribution in [0.25, 0.3) is 6.08 Å². The third kappa shape index (κ3) is 2.76. The van der Waals surface area contributed by atoms with E-state index >= 15 is 0 Å². The molecule has 0 aliphatic carbocycles. The summed E-state index contributed by atoms with van der Waals surface area (Å²) in [6.07, 6.45) is 3.24. The molecule has 122 valence electrons. The molecule has 1 amide bonds. The van der Waals surface area contributed by atoms with E-state index in [1.807, 2.05) is 0 Å². The van der Waals surface area contributed by atoms with Crippen molar-refractivity contribution in [2.75, 3.05) is 4.90 Å². The molecule has 2 aromatic rings. The van der Waals surface area contributed by atoms with Crippen LogP contribution in [0.1, 0.15) is 11.3 Å². The molecular formula is C15H13N5O3S. The summed E-state index contributed by atoms with van der Waals surface area (Å²) >= 11 is 5.24. The minimum absolute atomic E-state index is 0.0441. The molecule has 1 aromatic carbocycles. The van der Waals surface area contributed by atoms with Crippen molar-refractivity contribution in [1.29, 1.82) is 0 Å². The molecule has 0 atom stereocenters. The average Bonchev–Trinajstić information content (AvgIpc) is 2.98. The largest absolute Gasteiger partial charge is 0.327 e. The maximum Gasteiger partial charge on any atom is 0.281 e. The van der Waals surface area contributed by atoms with E-state index in [4.69, 9.17) is 12.2 Å². The number of hydrogen-bond acceptors (Lipinski definition) is 5. The third-order valence-corrected chi connectivity index (χ3v) is 3.78. The number of carbonyl (C=O) groups excluding carboxylic acids is 1. The number of carbonyl (C=O) groups is 1. The van der Waals surface area contributed by atoms with E-state index < -0.39 is 4.92 Å². The van der Waals surface area contributed by atoms with Gasteiger partial charge in [-0.3, -0.25) is 19.6 Å². The summed E-state index contributed by atoms with van der Waals surface area (Å²) in [7, 11) is 1.76. The molecule has 0 spiro atoms. The van der Waals surface area contributed by atoms with Crippen LogP contribution in [0.4, 0.5) is 11.4 Å². The van der Waals surface area contributed by atoms with Gasteiger partial charge in [0.1, 0.15) is 5.70 Å². The zero-order chi connectivity index (χ0) is 17.4. The highest BCUT2D eigenvalue weighted by Gasteiger charge is 2.33. The summed E-state index contributed by atoms with van der Waals surface area (Å²) in [5.74, 6) is -0.331. The fraction of sp³-hybridized carbons (Fsp3) is 0.133. The first-order chi connectivity index (χ1) is 11.4. The molecule has 0 unspecified atom stereocenters. The van der Waals surface area contributed by atoms with Gasteiger partial charge in [-0.05, 0) is 30.8 Å². The van der Waals surface area contributed by atoms with Crippen molar-refractivity contribution in [1.82, 2.24) is 15.1 Å². The van der Waals surface area contributed by atoms with E-state index in [2.05, 4.69) is 10.4 Å². The number of thiocarbonyl (C=S) groups is 1. The molecule has 2 heterocycles. The number of amides is 1. The number of aryl methyl sites for hydroxylation is 2. The zero-order valence-corrected chi connectivity index (χ0v) is 13.7. The van der Waals surface area contributed by atoms with Gasteiger partial charge in [0, 0.05) is 25.4 Å². The zero-order valence-electron chi connectivity index (χ0n) is 12.9. The highest BCUT2D eigenvalue weighted by atomic mass is 32.1. The monoisotopic (exact) mass is 343 g/mol. The van der Waals surface area contributed by atoms with Crippen molar-refractivity contribution in [3.05, 3.63) is 57.5 Å². The summed E-state index contributed by atoms with van der Waals surface area (Å²) in [6, 6.07) is 6.02. The summed E-state index contributed by atoms with van der Waals surface area (Å²) in [5.41, 5.74) is 2.02. The molecule has 3 rings (SSSR count). The highest BCUT2D eigenvalue weighted by Crippen LogP contribution is 2.25. The SMILES string of the molecule is Cc1nn(C)cc1N1C(=O)/C(=C\c2cccc([N+](=O)[O-])c2)NC1=S. The molecule has 1 aliphatic heterocycles. The number of rotatable bonds is 3. The lowest BCUT2D eigenvalue weighted by atomic mass is 10.1. The summed E-state index contributed by atoms with van der Waals surface area (Å²) in [5, 5.41) is 18.1. The van der Waals surface area contributed by atoms with Gasteiger partial charge < -0.3 is 5.32 Å². The van der Waals surface area contributed by atoms with Crippen LogP contribution < -0.4 is 10.2 Å². The van der Waals surface area contributed by atoms with Crippen molar-refractivity contribution >= 4 is 40.7 Å². The number of anilines is 1. The van der Waals surface area contributed by atoms with Crippen molar-refractivity contribution in [2.24, 2.45) is 7.05 Å². The normalized spacial score (nSPS) is 15.9. The molecule has 8 nitrogen and oxygen atoms in total. The van der Waals surface area contributed by atoms with Crippen molar-refractivity contribution < 1.29 is 9.72 Å². The van der Waals surface area contributed by atoms with Gasteiger partial charge in [-0.2, -0.15) is 5.10 Å². The number of aromatic nitrogens is 2. The van der Waals surface area contributed by atoms with Gasteiger partial charge in [0.2, 0.25) is 0 Å². The number of nitrogens with one attached hydrogen (secondary N) is 1. The fourth-order valence-electron chi connectivity index (χ4n) is 2.46. The third-order valence-electron chi connectivity index (χ3n) is 3.50. The van der Waals surface area contributed by atoms with Gasteiger partial charge in [-0.15, -0.1) is 0 Å². The Bertz CT molecular complexity index is 902. The summed E-state index contributed by atoms with van der Waals surface area (Å²) in [4.78, 5) is 24.4. The van der Waals surface area contributed by atoms with Crippen molar-refractivity contribution in [2.45, 2.75) is 6.92 Å². The molecule has 9 heteroatoms. The molecule has 24 heavy (non-hydrogen) atoms. The minimum atomic E-state index is -0.484. The van der Waals surface area contributed by atoms with Crippen LogP contribution in [0.3, 0.4) is 0 Å². The van der Waals surface area contributed by atoms with E-state index in [0.29, 0.717) is 16.9 Å². The number of nitro benzene ring substituents is 1. The van der Waals surface area contributed by atoms with Gasteiger partial charge in [-0.1, -0.05) is 12.1 Å². The second kappa shape index (κ2) is 5.85. The van der Waals surface area contributed by atoms with Gasteiger partial charge >= 0.3 is 0 Å². The van der Waals surface area contributed by atoms with Gasteiger partial charge in [-0.25, -0.2) is 4.90 Å². The Kier molecular flexibility index (Phi) is 3.86. The summed E-state index contributed by atoms with van der Waals surface area (Å²) in [6.45, 7) is 1.79. The molecule has 1 aliphatic rings. The van der Waals surface area contributed by atoms with Crippen molar-refractivity contribution in [3.63, 3.8) is 0 Å². The highest BCUT2D eigenvalue weighted by molar-refractivity contribution is 7.80. The maximum absolute atomic E-state index is 12.6. The van der Waals surface area contributed by atoms with E-state index in [9.17, 15) is 14.9 Å². The van der Waals surface area contributed by atoms with Crippen LogP contribution in [0, 0.1) is 17.0 Å². The average molecular weight is 343 g/mol. The Balaban J connectivity index is 1.95. The molecule has 1 saturated heterocycles. The number of nitro groups is 1. The number of hydrogen-bond donors (Lipinski definition) is 1.